The number of hydrogen-bond donors (Lipinski definition) is 1. The second-order valence-corrected chi connectivity index (χ2v) is 4.71. The lowest BCUT2D eigenvalue weighted by Crippen LogP contribution is -2.68. The number of anilines is 1. The lowest BCUT2D eigenvalue weighted by Gasteiger charge is -2.17. The van der Waals surface area contributed by atoms with Gasteiger partial charge in [0, 0.05) is 18.4 Å². The van der Waals surface area contributed by atoms with Gasteiger partial charge in [0.05, 0.1) is 0 Å². The van der Waals surface area contributed by atoms with Crippen molar-refractivity contribution in [2.75, 3.05) is 5.32 Å². The van der Waals surface area contributed by atoms with Crippen molar-refractivity contribution in [1.82, 2.24) is 0 Å². The first-order valence-corrected chi connectivity index (χ1v) is 6.68. The quantitative estimate of drug-likeness (QED) is 0.557. The standard InChI is InChI=1S/C12H12N2O.ClHO4/c1-9(15)13-11-7-10-5-3-4-6-12(10)14(2)8-11;2-1(3,4)5/h3-8H,1-2H3;(H,2,3,4,5). The average molecular weight is 301 g/mol. The molecule has 0 bridgehead atoms. The number of pyridine rings is 1. The number of amides is 1. The van der Waals surface area contributed by atoms with Crippen molar-refractivity contribution in [3.05, 3.63) is 36.5 Å². The number of fused-ring (bicyclic) bond motifs is 1. The second kappa shape index (κ2) is 6.60. The van der Waals surface area contributed by atoms with Crippen LogP contribution in [-0.4, -0.2) is 5.91 Å². The fourth-order valence-electron chi connectivity index (χ4n) is 1.69. The Morgan fingerprint density at radius 1 is 1.20 bits per heavy atom. The van der Waals surface area contributed by atoms with Crippen LogP contribution in [0, 0.1) is 10.2 Å². The van der Waals surface area contributed by atoms with Gasteiger partial charge in [0.25, 0.3) is 0 Å². The van der Waals surface area contributed by atoms with Crippen molar-refractivity contribution in [3.63, 3.8) is 0 Å². The molecule has 108 valence electrons. The van der Waals surface area contributed by atoms with Gasteiger partial charge in [-0.25, -0.2) is 18.6 Å². The largest absolute Gasteiger partial charge is 0.321 e. The number of rotatable bonds is 1. The molecule has 0 aliphatic rings. The zero-order chi connectivity index (χ0) is 15.3. The number of para-hydroxylation sites is 1. The SMILES string of the molecule is CC(=O)Nc1cc2ccccc2[n+](C)c1.[O-][Cl+3]([O-])([O-])[O-]. The summed E-state index contributed by atoms with van der Waals surface area (Å²) in [6, 6.07) is 10.0. The average Bonchev–Trinajstić information content (AvgIpc) is 2.25. The Balaban J connectivity index is 0.000000347. The molecule has 0 spiro atoms. The van der Waals surface area contributed by atoms with Gasteiger partial charge in [0.1, 0.15) is 12.7 Å². The van der Waals surface area contributed by atoms with Gasteiger partial charge < -0.3 is 5.32 Å². The van der Waals surface area contributed by atoms with Crippen molar-refractivity contribution in [2.45, 2.75) is 6.92 Å². The maximum atomic E-state index is 10.9. The Morgan fingerprint density at radius 2 is 1.75 bits per heavy atom. The molecule has 1 aromatic carbocycles. The summed E-state index contributed by atoms with van der Waals surface area (Å²) in [5, 5.41) is 3.89. The predicted octanol–water partition coefficient (Wildman–Crippen LogP) is -3.13. The molecule has 1 aromatic heterocycles. The number of nitrogens with zero attached hydrogens (tertiary/aromatic N) is 1. The van der Waals surface area contributed by atoms with E-state index in [9.17, 15) is 4.79 Å². The molecule has 8 heteroatoms. The van der Waals surface area contributed by atoms with E-state index in [4.69, 9.17) is 18.6 Å². The highest BCUT2D eigenvalue weighted by molar-refractivity contribution is 5.90. The van der Waals surface area contributed by atoms with Crippen LogP contribution in [0.25, 0.3) is 10.9 Å². The van der Waals surface area contributed by atoms with E-state index >= 15 is 0 Å². The van der Waals surface area contributed by atoms with Gasteiger partial charge in [-0.15, -0.1) is 10.2 Å². The van der Waals surface area contributed by atoms with Gasteiger partial charge in [-0.2, -0.15) is 4.57 Å². The number of halogens is 1. The van der Waals surface area contributed by atoms with Gasteiger partial charge in [-0.1, -0.05) is 12.1 Å². The smallest absolute Gasteiger partial charge is 0.221 e. The predicted molar refractivity (Wildman–Crippen MR) is 59.4 cm³/mol. The first-order chi connectivity index (χ1) is 9.16. The Kier molecular flexibility index (Phi) is 5.37. The van der Waals surface area contributed by atoms with E-state index in [-0.39, 0.29) is 5.91 Å². The Hall–Kier alpha value is -1.77. The summed E-state index contributed by atoms with van der Waals surface area (Å²) >= 11 is 0. The first-order valence-electron chi connectivity index (χ1n) is 5.44. The summed E-state index contributed by atoms with van der Waals surface area (Å²) in [5.41, 5.74) is 1.97. The summed E-state index contributed by atoms with van der Waals surface area (Å²) in [4.78, 5) is 10.9. The minimum atomic E-state index is -4.94. The molecule has 0 fully saturated rings. The highest BCUT2D eigenvalue weighted by atomic mass is 35.7. The number of aryl methyl sites for hydroxylation is 1. The molecule has 0 aliphatic carbocycles. The summed E-state index contributed by atoms with van der Waals surface area (Å²) in [6.45, 7) is 1.51. The minimum Gasteiger partial charge on any atom is -0.321 e. The van der Waals surface area contributed by atoms with Gasteiger partial charge in [-0.3, -0.25) is 4.79 Å². The van der Waals surface area contributed by atoms with Crippen molar-refractivity contribution >= 4 is 22.5 Å². The van der Waals surface area contributed by atoms with Crippen molar-refractivity contribution in [2.24, 2.45) is 7.05 Å². The molecule has 0 saturated carbocycles. The zero-order valence-electron chi connectivity index (χ0n) is 10.8. The molecule has 0 atom stereocenters. The van der Waals surface area contributed by atoms with Crippen molar-refractivity contribution in [3.8, 4) is 0 Å². The highest BCUT2D eigenvalue weighted by Gasteiger charge is 2.07. The number of hydrogen-bond acceptors (Lipinski definition) is 5. The van der Waals surface area contributed by atoms with Gasteiger partial charge >= 0.3 is 0 Å². The second-order valence-electron chi connectivity index (χ2n) is 3.96. The van der Waals surface area contributed by atoms with Crippen LogP contribution in [0.2, 0.25) is 0 Å². The monoisotopic (exact) mass is 300 g/mol. The maximum absolute atomic E-state index is 10.9. The summed E-state index contributed by atoms with van der Waals surface area (Å²) in [7, 11) is -2.98. The van der Waals surface area contributed by atoms with Crippen molar-refractivity contribution < 1.29 is 38.2 Å². The van der Waals surface area contributed by atoms with Crippen LogP contribution in [0.3, 0.4) is 0 Å². The third-order valence-corrected chi connectivity index (χ3v) is 2.28. The van der Waals surface area contributed by atoms with Crippen LogP contribution in [0.5, 0.6) is 0 Å². The van der Waals surface area contributed by atoms with Crippen molar-refractivity contribution in [1.29, 1.82) is 0 Å². The molecule has 0 radical (unpaired) electrons. The fourth-order valence-corrected chi connectivity index (χ4v) is 1.69. The molecule has 2 rings (SSSR count). The fraction of sp³-hybridized carbons (Fsp3) is 0.167. The summed E-state index contributed by atoms with van der Waals surface area (Å²) in [6.07, 6.45) is 1.91. The Bertz CT molecular complexity index is 606. The third-order valence-electron chi connectivity index (χ3n) is 2.28. The normalized spacial score (nSPS) is 10.7. The number of nitrogens with one attached hydrogen (secondary N) is 1. The lowest BCUT2D eigenvalue weighted by molar-refractivity contribution is -2.00. The van der Waals surface area contributed by atoms with Gasteiger partial charge in [-0.05, 0) is 12.1 Å². The molecule has 1 heterocycles. The molecule has 2 aromatic rings. The van der Waals surface area contributed by atoms with Crippen LogP contribution in [0.15, 0.2) is 36.5 Å². The van der Waals surface area contributed by atoms with E-state index in [1.54, 1.807) is 0 Å². The maximum Gasteiger partial charge on any atom is 0.221 e. The van der Waals surface area contributed by atoms with Crippen LogP contribution in [0.4, 0.5) is 5.69 Å². The molecular formula is C12H13ClN2O5. The van der Waals surface area contributed by atoms with E-state index < -0.39 is 10.2 Å². The first kappa shape index (κ1) is 16.3. The van der Waals surface area contributed by atoms with E-state index in [2.05, 4.69) is 5.32 Å². The molecule has 0 unspecified atom stereocenters. The topological polar surface area (TPSA) is 125 Å². The Morgan fingerprint density at radius 3 is 2.30 bits per heavy atom. The molecule has 1 amide bonds. The number of benzene rings is 1. The van der Waals surface area contributed by atoms with E-state index in [0.717, 1.165) is 16.6 Å². The van der Waals surface area contributed by atoms with E-state index in [1.165, 1.54) is 6.92 Å². The molecule has 20 heavy (non-hydrogen) atoms. The summed E-state index contributed by atoms with van der Waals surface area (Å²) < 4.78 is 36.0. The molecule has 0 aliphatic heterocycles. The zero-order valence-corrected chi connectivity index (χ0v) is 11.6. The highest BCUT2D eigenvalue weighted by Crippen LogP contribution is 2.14. The van der Waals surface area contributed by atoms with Crippen LogP contribution in [0.1, 0.15) is 6.92 Å². The third kappa shape index (κ3) is 5.91. The molecular weight excluding hydrogens is 288 g/mol. The molecule has 1 N–H and O–H groups in total. The summed E-state index contributed by atoms with van der Waals surface area (Å²) in [5.74, 6) is -0.0507. The number of carbonyl (C=O) groups is 1. The molecule has 7 nitrogen and oxygen atoms in total. The lowest BCUT2D eigenvalue weighted by atomic mass is 10.2. The number of carbonyl (C=O) groups excluding carboxylic acids is 1. The number of aromatic nitrogens is 1. The van der Waals surface area contributed by atoms with Gasteiger partial charge in [0.15, 0.2) is 6.20 Å². The van der Waals surface area contributed by atoms with E-state index in [0.29, 0.717) is 0 Å². The minimum absolute atomic E-state index is 0.0507. The Labute approximate surface area is 117 Å². The van der Waals surface area contributed by atoms with Gasteiger partial charge in [0.2, 0.25) is 11.4 Å². The van der Waals surface area contributed by atoms with Crippen LogP contribution in [-0.2, 0) is 11.8 Å². The van der Waals surface area contributed by atoms with E-state index in [1.807, 2.05) is 48.1 Å². The van der Waals surface area contributed by atoms with Crippen LogP contribution < -0.4 is 28.5 Å². The molecule has 0 saturated heterocycles. The van der Waals surface area contributed by atoms with Crippen LogP contribution >= 0.6 is 0 Å².